The standard InChI is InChI=1S/C24H23N7O2/c1-33-22-10-17(14-31-23(22)18(11-25)12-28-31)19-13-27-30(15-19)21-6-8-29(9-7-21)24(32)16-2-4-20(26)5-3-16/h2-5,10,12-15,21H,6-9,26H2,1H3. The Bertz CT molecular complexity index is 1360. The molecule has 1 aromatic carbocycles. The average molecular weight is 441 g/mol. The van der Waals surface area contributed by atoms with Gasteiger partial charge in [-0.05, 0) is 43.2 Å². The number of aromatic nitrogens is 4. The van der Waals surface area contributed by atoms with Gasteiger partial charge in [-0.2, -0.15) is 15.5 Å². The molecule has 1 aliphatic heterocycles. The number of anilines is 1. The zero-order valence-corrected chi connectivity index (χ0v) is 18.2. The van der Waals surface area contributed by atoms with Crippen molar-refractivity contribution in [2.75, 3.05) is 25.9 Å². The number of amides is 1. The number of likely N-dealkylation sites (tertiary alicyclic amines) is 1. The minimum absolute atomic E-state index is 0.0333. The molecule has 0 unspecified atom stereocenters. The monoisotopic (exact) mass is 441 g/mol. The topological polar surface area (TPSA) is 114 Å². The molecular formula is C24H23N7O2. The first-order chi connectivity index (χ1) is 16.1. The number of pyridine rings is 1. The molecule has 166 valence electrons. The average Bonchev–Trinajstić information content (AvgIpc) is 3.51. The van der Waals surface area contributed by atoms with E-state index in [0.717, 1.165) is 24.0 Å². The number of benzene rings is 1. The Morgan fingerprint density at radius 3 is 2.58 bits per heavy atom. The Morgan fingerprint density at radius 1 is 1.12 bits per heavy atom. The largest absolute Gasteiger partial charge is 0.494 e. The van der Waals surface area contributed by atoms with Crippen molar-refractivity contribution in [3.63, 3.8) is 0 Å². The Labute approximate surface area is 190 Å². The molecule has 0 saturated carbocycles. The van der Waals surface area contributed by atoms with Gasteiger partial charge in [-0.15, -0.1) is 0 Å². The maximum atomic E-state index is 12.8. The maximum absolute atomic E-state index is 12.8. The normalized spacial score (nSPS) is 14.4. The molecule has 0 spiro atoms. The minimum atomic E-state index is 0.0333. The fraction of sp³-hybridized carbons (Fsp3) is 0.250. The molecule has 0 aliphatic carbocycles. The van der Waals surface area contributed by atoms with Crippen molar-refractivity contribution in [3.05, 3.63) is 66.2 Å². The number of carbonyl (C=O) groups is 1. The van der Waals surface area contributed by atoms with Crippen molar-refractivity contribution in [2.45, 2.75) is 18.9 Å². The zero-order chi connectivity index (χ0) is 22.9. The molecule has 33 heavy (non-hydrogen) atoms. The van der Waals surface area contributed by atoms with Crippen molar-refractivity contribution in [2.24, 2.45) is 0 Å². The summed E-state index contributed by atoms with van der Waals surface area (Å²) in [6.45, 7) is 1.35. The number of rotatable bonds is 4. The van der Waals surface area contributed by atoms with E-state index in [2.05, 4.69) is 16.3 Å². The molecule has 1 amide bonds. The lowest BCUT2D eigenvalue weighted by molar-refractivity contribution is 0.0690. The summed E-state index contributed by atoms with van der Waals surface area (Å²) in [7, 11) is 1.58. The SMILES string of the molecule is COc1cc(-c2cnn(C3CCN(C(=O)c4ccc(N)cc4)CC3)c2)cn2ncc(C#N)c12. The smallest absolute Gasteiger partial charge is 0.253 e. The van der Waals surface area contributed by atoms with Crippen LogP contribution in [0.4, 0.5) is 5.69 Å². The molecule has 9 heteroatoms. The molecule has 3 aromatic heterocycles. The lowest BCUT2D eigenvalue weighted by Gasteiger charge is -2.32. The van der Waals surface area contributed by atoms with E-state index >= 15 is 0 Å². The number of hydrogen-bond acceptors (Lipinski definition) is 6. The third-order valence-corrected chi connectivity index (χ3v) is 6.14. The second kappa shape index (κ2) is 8.31. The third kappa shape index (κ3) is 3.76. The van der Waals surface area contributed by atoms with E-state index in [1.807, 2.05) is 34.2 Å². The number of nitrogens with zero attached hydrogens (tertiary/aromatic N) is 6. The van der Waals surface area contributed by atoms with Crippen LogP contribution in [0.25, 0.3) is 16.6 Å². The van der Waals surface area contributed by atoms with E-state index in [0.29, 0.717) is 41.2 Å². The summed E-state index contributed by atoms with van der Waals surface area (Å²) in [5.74, 6) is 0.620. The second-order valence-corrected chi connectivity index (χ2v) is 8.11. The molecule has 4 aromatic rings. The Balaban J connectivity index is 1.31. The summed E-state index contributed by atoms with van der Waals surface area (Å²) in [6.07, 6.45) is 8.89. The summed E-state index contributed by atoms with van der Waals surface area (Å²) >= 11 is 0. The van der Waals surface area contributed by atoms with Gasteiger partial charge in [-0.3, -0.25) is 9.48 Å². The van der Waals surface area contributed by atoms with E-state index < -0.39 is 0 Å². The van der Waals surface area contributed by atoms with Gasteiger partial charge < -0.3 is 15.4 Å². The van der Waals surface area contributed by atoms with Gasteiger partial charge in [0, 0.05) is 47.9 Å². The van der Waals surface area contributed by atoms with Gasteiger partial charge in [0.2, 0.25) is 0 Å². The summed E-state index contributed by atoms with van der Waals surface area (Å²) in [5.41, 5.74) is 9.98. The lowest BCUT2D eigenvalue weighted by Crippen LogP contribution is -2.39. The van der Waals surface area contributed by atoms with E-state index in [-0.39, 0.29) is 11.9 Å². The molecule has 9 nitrogen and oxygen atoms in total. The Morgan fingerprint density at radius 2 is 1.88 bits per heavy atom. The molecule has 1 saturated heterocycles. The minimum Gasteiger partial charge on any atom is -0.494 e. The predicted octanol–water partition coefficient (Wildman–Crippen LogP) is 3.14. The highest BCUT2D eigenvalue weighted by molar-refractivity contribution is 5.94. The number of methoxy groups -OCH3 is 1. The summed E-state index contributed by atoms with van der Waals surface area (Å²) < 4.78 is 9.14. The summed E-state index contributed by atoms with van der Waals surface area (Å²) in [6, 6.07) is 11.3. The molecular weight excluding hydrogens is 418 g/mol. The molecule has 1 aliphatic rings. The van der Waals surface area contributed by atoms with Crippen LogP contribution < -0.4 is 10.5 Å². The van der Waals surface area contributed by atoms with Crippen molar-refractivity contribution in [1.29, 1.82) is 5.26 Å². The van der Waals surface area contributed by atoms with Gasteiger partial charge in [0.25, 0.3) is 5.91 Å². The Hall–Kier alpha value is -4.32. The third-order valence-electron chi connectivity index (χ3n) is 6.14. The number of nitrogen functional groups attached to an aromatic ring is 1. The van der Waals surface area contributed by atoms with Crippen molar-refractivity contribution in [1.82, 2.24) is 24.3 Å². The molecule has 0 radical (unpaired) electrons. The maximum Gasteiger partial charge on any atom is 0.253 e. The number of fused-ring (bicyclic) bond motifs is 1. The van der Waals surface area contributed by atoms with Crippen LogP contribution in [-0.2, 0) is 0 Å². The van der Waals surface area contributed by atoms with Crippen LogP contribution in [-0.4, -0.2) is 50.4 Å². The van der Waals surface area contributed by atoms with E-state index in [1.165, 1.54) is 6.20 Å². The molecule has 2 N–H and O–H groups in total. The number of carbonyl (C=O) groups excluding carboxylic acids is 1. The first-order valence-electron chi connectivity index (χ1n) is 10.7. The number of ether oxygens (including phenoxy) is 1. The van der Waals surface area contributed by atoms with Crippen LogP contribution in [0.5, 0.6) is 5.75 Å². The first-order valence-corrected chi connectivity index (χ1v) is 10.7. The van der Waals surface area contributed by atoms with Crippen molar-refractivity contribution >= 4 is 17.1 Å². The summed E-state index contributed by atoms with van der Waals surface area (Å²) in [4.78, 5) is 14.6. The van der Waals surface area contributed by atoms with Gasteiger partial charge in [0.1, 0.15) is 22.9 Å². The highest BCUT2D eigenvalue weighted by Gasteiger charge is 2.25. The van der Waals surface area contributed by atoms with Gasteiger partial charge in [0.05, 0.1) is 25.5 Å². The highest BCUT2D eigenvalue weighted by atomic mass is 16.5. The lowest BCUT2D eigenvalue weighted by atomic mass is 10.0. The number of nitrogens with two attached hydrogens (primary N) is 1. The quantitative estimate of drug-likeness (QED) is 0.487. The van der Waals surface area contributed by atoms with Gasteiger partial charge in [-0.25, -0.2) is 4.52 Å². The Kier molecular flexibility index (Phi) is 5.18. The van der Waals surface area contributed by atoms with Crippen molar-refractivity contribution in [3.8, 4) is 22.9 Å². The molecule has 1 fully saturated rings. The number of hydrogen-bond donors (Lipinski definition) is 1. The van der Waals surface area contributed by atoms with E-state index in [1.54, 1.807) is 35.9 Å². The van der Waals surface area contributed by atoms with Crippen LogP contribution in [0.3, 0.4) is 0 Å². The van der Waals surface area contributed by atoms with Gasteiger partial charge >= 0.3 is 0 Å². The fourth-order valence-electron chi connectivity index (χ4n) is 4.31. The molecule has 0 bridgehead atoms. The van der Waals surface area contributed by atoms with Crippen molar-refractivity contribution < 1.29 is 9.53 Å². The van der Waals surface area contributed by atoms with Gasteiger partial charge in [-0.1, -0.05) is 0 Å². The fourth-order valence-corrected chi connectivity index (χ4v) is 4.31. The predicted molar refractivity (Wildman–Crippen MR) is 123 cm³/mol. The number of piperidine rings is 1. The van der Waals surface area contributed by atoms with E-state index in [4.69, 9.17) is 10.5 Å². The molecule has 4 heterocycles. The van der Waals surface area contributed by atoms with Crippen LogP contribution in [0.2, 0.25) is 0 Å². The zero-order valence-electron chi connectivity index (χ0n) is 18.2. The number of nitriles is 1. The van der Waals surface area contributed by atoms with E-state index in [9.17, 15) is 10.1 Å². The second-order valence-electron chi connectivity index (χ2n) is 8.11. The highest BCUT2D eigenvalue weighted by Crippen LogP contribution is 2.31. The van der Waals surface area contributed by atoms with Crippen LogP contribution in [0.1, 0.15) is 34.8 Å². The molecule has 5 rings (SSSR count). The first kappa shape index (κ1) is 20.6. The van der Waals surface area contributed by atoms with Gasteiger partial charge in [0.15, 0.2) is 0 Å². The van der Waals surface area contributed by atoms with Crippen LogP contribution >= 0.6 is 0 Å². The molecule has 0 atom stereocenters. The summed E-state index contributed by atoms with van der Waals surface area (Å²) in [5, 5.41) is 18.2. The van der Waals surface area contributed by atoms with Crippen LogP contribution in [0, 0.1) is 11.3 Å². The van der Waals surface area contributed by atoms with Crippen LogP contribution in [0.15, 0.2) is 55.1 Å².